The third-order valence-electron chi connectivity index (χ3n) is 3.53. The van der Waals surface area contributed by atoms with E-state index in [-0.39, 0.29) is 18.3 Å². The van der Waals surface area contributed by atoms with Gasteiger partial charge in [0.15, 0.2) is 5.76 Å². The molecule has 0 bridgehead atoms. The molecule has 0 aliphatic carbocycles. The van der Waals surface area contributed by atoms with Gasteiger partial charge in [-0.3, -0.25) is 4.79 Å². The van der Waals surface area contributed by atoms with Gasteiger partial charge in [0.1, 0.15) is 12.4 Å². The van der Waals surface area contributed by atoms with E-state index in [4.69, 9.17) is 14.4 Å². The second kappa shape index (κ2) is 8.18. The molecule has 1 N–H and O–H groups in total. The average molecular weight is 328 g/mol. The maximum absolute atomic E-state index is 12.4. The smallest absolute Gasteiger partial charge is 0.289 e. The molecule has 0 saturated carbocycles. The molecule has 1 heterocycles. The monoisotopic (exact) mass is 328 g/mol. The zero-order valence-electron chi connectivity index (χ0n) is 13.7. The van der Waals surface area contributed by atoms with Crippen LogP contribution in [0.4, 0.5) is 0 Å². The summed E-state index contributed by atoms with van der Waals surface area (Å²) in [7, 11) is 1.66. The number of hydrogen-bond acceptors (Lipinski definition) is 5. The minimum Gasteiger partial charge on any atom is -0.489 e. The molecule has 1 unspecified atom stereocenters. The summed E-state index contributed by atoms with van der Waals surface area (Å²) < 4.78 is 10.9. The highest BCUT2D eigenvalue weighted by atomic mass is 16.5. The van der Waals surface area contributed by atoms with E-state index in [0.29, 0.717) is 29.8 Å². The van der Waals surface area contributed by atoms with E-state index < -0.39 is 6.10 Å². The summed E-state index contributed by atoms with van der Waals surface area (Å²) in [5, 5.41) is 18.2. The fourth-order valence-corrected chi connectivity index (χ4v) is 2.11. The van der Waals surface area contributed by atoms with E-state index in [0.717, 1.165) is 0 Å². The molecule has 0 spiro atoms. The summed E-state index contributed by atoms with van der Waals surface area (Å²) in [5.41, 5.74) is 1.14. The molecule has 24 heavy (non-hydrogen) atoms. The molecule has 0 radical (unpaired) electrons. The molecule has 2 aromatic rings. The number of aliphatic hydroxyl groups excluding tert-OH is 1. The number of ether oxygens (including phenoxy) is 1. The summed E-state index contributed by atoms with van der Waals surface area (Å²) in [5.74, 6) is 0.515. The molecule has 2 rings (SSSR count). The molecule has 1 atom stereocenters. The zero-order chi connectivity index (χ0) is 17.5. The van der Waals surface area contributed by atoms with Crippen LogP contribution in [0.15, 0.2) is 41.0 Å². The number of carbonyl (C=O) groups excluding carboxylic acids is 1. The summed E-state index contributed by atoms with van der Waals surface area (Å²) in [6.07, 6.45) is 1.47. The van der Waals surface area contributed by atoms with E-state index in [1.165, 1.54) is 11.2 Å². The first-order chi connectivity index (χ1) is 11.5. The standard InChI is InChI=1S/C18H20N2O4/c1-13(21)6-8-20(2)18(22)17-15(7-9-23-17)12-24-16-5-3-4-14(10-16)11-19/h3-5,7,9-10,13,21H,6,8,12H2,1-2H3. The van der Waals surface area contributed by atoms with Crippen LogP contribution in [-0.4, -0.2) is 35.6 Å². The van der Waals surface area contributed by atoms with Crippen LogP contribution in [0, 0.1) is 11.3 Å². The predicted molar refractivity (Wildman–Crippen MR) is 87.5 cm³/mol. The molecule has 0 aliphatic heterocycles. The van der Waals surface area contributed by atoms with Crippen LogP contribution >= 0.6 is 0 Å². The second-order valence-corrected chi connectivity index (χ2v) is 5.57. The lowest BCUT2D eigenvalue weighted by Crippen LogP contribution is -2.29. The lowest BCUT2D eigenvalue weighted by Gasteiger charge is -2.17. The lowest BCUT2D eigenvalue weighted by molar-refractivity contribution is 0.0734. The SMILES string of the molecule is CC(O)CCN(C)C(=O)c1occc1COc1cccc(C#N)c1. The van der Waals surface area contributed by atoms with Crippen LogP contribution in [0.2, 0.25) is 0 Å². The molecule has 0 saturated heterocycles. The van der Waals surface area contributed by atoms with Gasteiger partial charge in [-0.1, -0.05) is 6.07 Å². The number of hydrogen-bond donors (Lipinski definition) is 1. The van der Waals surface area contributed by atoms with Crippen molar-refractivity contribution in [2.75, 3.05) is 13.6 Å². The topological polar surface area (TPSA) is 86.7 Å². The minimum absolute atomic E-state index is 0.163. The zero-order valence-corrected chi connectivity index (χ0v) is 13.7. The number of aliphatic hydroxyl groups is 1. The summed E-state index contributed by atoms with van der Waals surface area (Å²) in [6.45, 7) is 2.28. The number of amides is 1. The Morgan fingerprint density at radius 2 is 2.25 bits per heavy atom. The first-order valence-corrected chi connectivity index (χ1v) is 7.64. The van der Waals surface area contributed by atoms with Gasteiger partial charge in [-0.2, -0.15) is 5.26 Å². The quantitative estimate of drug-likeness (QED) is 0.844. The predicted octanol–water partition coefficient (Wildman–Crippen LogP) is 2.57. The van der Waals surface area contributed by atoms with Gasteiger partial charge in [0.25, 0.3) is 5.91 Å². The fraction of sp³-hybridized carbons (Fsp3) is 0.333. The van der Waals surface area contributed by atoms with Crippen LogP contribution in [0.1, 0.15) is 35.0 Å². The normalized spacial score (nSPS) is 11.6. The van der Waals surface area contributed by atoms with Gasteiger partial charge in [0.2, 0.25) is 0 Å². The third kappa shape index (κ3) is 4.61. The van der Waals surface area contributed by atoms with Gasteiger partial charge in [0, 0.05) is 19.2 Å². The Morgan fingerprint density at radius 1 is 1.46 bits per heavy atom. The van der Waals surface area contributed by atoms with E-state index in [2.05, 4.69) is 0 Å². The van der Waals surface area contributed by atoms with Gasteiger partial charge in [-0.25, -0.2) is 0 Å². The Hall–Kier alpha value is -2.78. The van der Waals surface area contributed by atoms with Gasteiger partial charge in [-0.15, -0.1) is 0 Å². The third-order valence-corrected chi connectivity index (χ3v) is 3.53. The molecule has 126 valence electrons. The van der Waals surface area contributed by atoms with E-state index in [9.17, 15) is 9.90 Å². The van der Waals surface area contributed by atoms with Gasteiger partial charge < -0.3 is 19.2 Å². The summed E-state index contributed by atoms with van der Waals surface area (Å²) >= 11 is 0. The molecule has 1 aromatic heterocycles. The summed E-state index contributed by atoms with van der Waals surface area (Å²) in [6, 6.07) is 10.5. The number of nitriles is 1. The Kier molecular flexibility index (Phi) is 5.99. The number of furan rings is 1. The van der Waals surface area contributed by atoms with Gasteiger partial charge >= 0.3 is 0 Å². The van der Waals surface area contributed by atoms with Crippen LogP contribution in [-0.2, 0) is 6.61 Å². The number of benzene rings is 1. The fourth-order valence-electron chi connectivity index (χ4n) is 2.11. The molecule has 6 heteroatoms. The van der Waals surface area contributed by atoms with Crippen molar-refractivity contribution in [3.05, 3.63) is 53.5 Å². The van der Waals surface area contributed by atoms with Crippen LogP contribution in [0.5, 0.6) is 5.75 Å². The number of rotatable bonds is 7. The first kappa shape index (κ1) is 17.6. The van der Waals surface area contributed by atoms with E-state index in [1.807, 2.05) is 6.07 Å². The van der Waals surface area contributed by atoms with E-state index >= 15 is 0 Å². The van der Waals surface area contributed by atoms with Gasteiger partial charge in [0.05, 0.1) is 24.0 Å². The first-order valence-electron chi connectivity index (χ1n) is 7.64. The Balaban J connectivity index is 2.01. The van der Waals surface area contributed by atoms with Crippen molar-refractivity contribution in [1.29, 1.82) is 5.26 Å². The largest absolute Gasteiger partial charge is 0.489 e. The second-order valence-electron chi connectivity index (χ2n) is 5.57. The van der Waals surface area contributed by atoms with Crippen molar-refractivity contribution >= 4 is 5.91 Å². The summed E-state index contributed by atoms with van der Waals surface area (Å²) in [4.78, 5) is 13.9. The van der Waals surface area contributed by atoms with Crippen LogP contribution in [0.25, 0.3) is 0 Å². The highest BCUT2D eigenvalue weighted by Crippen LogP contribution is 2.18. The van der Waals surface area contributed by atoms with E-state index in [1.54, 1.807) is 44.3 Å². The Labute approximate surface area is 140 Å². The van der Waals surface area contributed by atoms with Crippen molar-refractivity contribution in [1.82, 2.24) is 4.90 Å². The van der Waals surface area contributed by atoms with Crippen LogP contribution in [0.3, 0.4) is 0 Å². The van der Waals surface area contributed by atoms with Crippen molar-refractivity contribution in [3.63, 3.8) is 0 Å². The highest BCUT2D eigenvalue weighted by Gasteiger charge is 2.20. The molecule has 0 fully saturated rings. The van der Waals surface area contributed by atoms with Crippen molar-refractivity contribution in [2.45, 2.75) is 26.1 Å². The maximum Gasteiger partial charge on any atom is 0.289 e. The highest BCUT2D eigenvalue weighted by molar-refractivity contribution is 5.92. The minimum atomic E-state index is -0.466. The van der Waals surface area contributed by atoms with Gasteiger partial charge in [-0.05, 0) is 37.6 Å². The molecular formula is C18H20N2O4. The molecule has 0 aliphatic rings. The van der Waals surface area contributed by atoms with Crippen molar-refractivity contribution in [2.24, 2.45) is 0 Å². The Morgan fingerprint density at radius 3 is 2.96 bits per heavy atom. The maximum atomic E-state index is 12.4. The molecule has 6 nitrogen and oxygen atoms in total. The number of carbonyl (C=O) groups is 1. The van der Waals surface area contributed by atoms with Crippen LogP contribution < -0.4 is 4.74 Å². The van der Waals surface area contributed by atoms with Crippen molar-refractivity contribution < 1.29 is 19.1 Å². The van der Waals surface area contributed by atoms with Crippen molar-refractivity contribution in [3.8, 4) is 11.8 Å². The lowest BCUT2D eigenvalue weighted by atomic mass is 10.2. The Bertz CT molecular complexity index is 731. The molecule has 1 amide bonds. The molecule has 1 aromatic carbocycles. The molecular weight excluding hydrogens is 308 g/mol. The average Bonchev–Trinajstić information content (AvgIpc) is 3.05. The number of nitrogens with zero attached hydrogens (tertiary/aromatic N) is 2.